The SMILES string of the molecule is Cc1ccc(Nc2ccc(N)c3nonc23)c(F)c1. The van der Waals surface area contributed by atoms with Gasteiger partial charge in [-0.2, -0.15) is 0 Å². The van der Waals surface area contributed by atoms with Crippen molar-refractivity contribution >= 4 is 28.1 Å². The summed E-state index contributed by atoms with van der Waals surface area (Å²) in [5.41, 5.74) is 8.95. The van der Waals surface area contributed by atoms with E-state index in [1.807, 2.05) is 13.0 Å². The molecule has 0 saturated heterocycles. The second-order valence-corrected chi connectivity index (χ2v) is 4.27. The minimum atomic E-state index is -0.332. The van der Waals surface area contributed by atoms with Crippen LogP contribution >= 0.6 is 0 Å². The fourth-order valence-corrected chi connectivity index (χ4v) is 1.85. The highest BCUT2D eigenvalue weighted by molar-refractivity contribution is 5.96. The largest absolute Gasteiger partial charge is 0.397 e. The summed E-state index contributed by atoms with van der Waals surface area (Å²) in [5.74, 6) is -0.332. The Morgan fingerprint density at radius 3 is 2.63 bits per heavy atom. The van der Waals surface area contributed by atoms with Gasteiger partial charge in [0.05, 0.1) is 17.1 Å². The zero-order valence-electron chi connectivity index (χ0n) is 10.1. The number of nitrogen functional groups attached to an aromatic ring is 1. The van der Waals surface area contributed by atoms with Crippen LogP contribution in [0.1, 0.15) is 5.56 Å². The lowest BCUT2D eigenvalue weighted by Gasteiger charge is -2.08. The van der Waals surface area contributed by atoms with Crippen LogP contribution in [-0.4, -0.2) is 10.3 Å². The Morgan fingerprint density at radius 1 is 1.11 bits per heavy atom. The second-order valence-electron chi connectivity index (χ2n) is 4.27. The predicted octanol–water partition coefficient (Wildman–Crippen LogP) is 3.00. The highest BCUT2D eigenvalue weighted by Crippen LogP contribution is 2.28. The molecule has 0 aliphatic carbocycles. The number of rotatable bonds is 2. The van der Waals surface area contributed by atoms with E-state index >= 15 is 0 Å². The lowest BCUT2D eigenvalue weighted by Crippen LogP contribution is -1.96. The van der Waals surface area contributed by atoms with Crippen LogP contribution in [0, 0.1) is 12.7 Å². The Morgan fingerprint density at radius 2 is 1.84 bits per heavy atom. The molecule has 1 heterocycles. The number of hydrogen-bond donors (Lipinski definition) is 2. The van der Waals surface area contributed by atoms with Gasteiger partial charge in [-0.15, -0.1) is 0 Å². The van der Waals surface area contributed by atoms with E-state index in [1.54, 1.807) is 18.2 Å². The Hall–Kier alpha value is -2.63. The van der Waals surface area contributed by atoms with Gasteiger partial charge in [0.25, 0.3) is 0 Å². The van der Waals surface area contributed by atoms with Gasteiger partial charge >= 0.3 is 0 Å². The quantitative estimate of drug-likeness (QED) is 0.691. The first kappa shape index (κ1) is 11.5. The van der Waals surface area contributed by atoms with Crippen LogP contribution in [0.3, 0.4) is 0 Å². The van der Waals surface area contributed by atoms with Crippen molar-refractivity contribution in [1.29, 1.82) is 0 Å². The molecule has 6 heteroatoms. The van der Waals surface area contributed by atoms with Crippen molar-refractivity contribution < 1.29 is 9.02 Å². The number of benzene rings is 2. The van der Waals surface area contributed by atoms with E-state index in [0.29, 0.717) is 28.1 Å². The number of aryl methyl sites for hydroxylation is 1. The van der Waals surface area contributed by atoms with E-state index in [2.05, 4.69) is 20.3 Å². The number of fused-ring (bicyclic) bond motifs is 1. The first-order valence-electron chi connectivity index (χ1n) is 5.69. The number of anilines is 3. The molecule has 0 amide bonds. The molecule has 3 rings (SSSR count). The third-order valence-corrected chi connectivity index (χ3v) is 2.84. The Kier molecular flexibility index (Phi) is 2.56. The summed E-state index contributed by atoms with van der Waals surface area (Å²) < 4.78 is 18.5. The van der Waals surface area contributed by atoms with Crippen molar-refractivity contribution in [3.63, 3.8) is 0 Å². The van der Waals surface area contributed by atoms with E-state index in [9.17, 15) is 4.39 Å². The molecule has 0 fully saturated rings. The number of aromatic nitrogens is 2. The highest BCUT2D eigenvalue weighted by atomic mass is 19.1. The molecule has 0 saturated carbocycles. The zero-order chi connectivity index (χ0) is 13.4. The zero-order valence-corrected chi connectivity index (χ0v) is 10.1. The topological polar surface area (TPSA) is 77.0 Å². The fourth-order valence-electron chi connectivity index (χ4n) is 1.85. The monoisotopic (exact) mass is 258 g/mol. The van der Waals surface area contributed by atoms with Crippen LogP contribution in [0.15, 0.2) is 35.0 Å². The molecular weight excluding hydrogens is 247 g/mol. The average Bonchev–Trinajstić information content (AvgIpc) is 2.86. The lowest BCUT2D eigenvalue weighted by molar-refractivity contribution is 0.316. The third kappa shape index (κ3) is 1.97. The van der Waals surface area contributed by atoms with Crippen LogP contribution in [-0.2, 0) is 0 Å². The van der Waals surface area contributed by atoms with E-state index < -0.39 is 0 Å². The molecule has 0 aliphatic rings. The second kappa shape index (κ2) is 4.24. The highest BCUT2D eigenvalue weighted by Gasteiger charge is 2.11. The average molecular weight is 258 g/mol. The molecule has 2 aromatic carbocycles. The van der Waals surface area contributed by atoms with Crippen LogP contribution in [0.5, 0.6) is 0 Å². The first-order valence-corrected chi connectivity index (χ1v) is 5.69. The minimum absolute atomic E-state index is 0.332. The van der Waals surface area contributed by atoms with Crippen molar-refractivity contribution in [3.8, 4) is 0 Å². The number of nitrogens with one attached hydrogen (secondary N) is 1. The Bertz CT molecular complexity index is 753. The van der Waals surface area contributed by atoms with Gasteiger partial charge in [0, 0.05) is 0 Å². The van der Waals surface area contributed by atoms with E-state index in [0.717, 1.165) is 5.56 Å². The maximum absolute atomic E-state index is 13.8. The maximum Gasteiger partial charge on any atom is 0.160 e. The molecule has 0 atom stereocenters. The smallest absolute Gasteiger partial charge is 0.160 e. The Labute approximate surface area is 108 Å². The number of nitrogens with two attached hydrogens (primary N) is 1. The number of halogens is 1. The van der Waals surface area contributed by atoms with Crippen molar-refractivity contribution in [2.75, 3.05) is 11.1 Å². The lowest BCUT2D eigenvalue weighted by atomic mass is 10.2. The van der Waals surface area contributed by atoms with Gasteiger partial charge in [-0.1, -0.05) is 6.07 Å². The van der Waals surface area contributed by atoms with Crippen molar-refractivity contribution in [2.24, 2.45) is 0 Å². The van der Waals surface area contributed by atoms with Gasteiger partial charge in [0.15, 0.2) is 11.0 Å². The molecule has 0 spiro atoms. The fraction of sp³-hybridized carbons (Fsp3) is 0.0769. The predicted molar refractivity (Wildman–Crippen MR) is 70.6 cm³/mol. The van der Waals surface area contributed by atoms with Gasteiger partial charge < -0.3 is 11.1 Å². The third-order valence-electron chi connectivity index (χ3n) is 2.84. The standard InChI is InChI=1S/C13H11FN4O/c1-7-2-4-10(8(14)6-7)16-11-5-3-9(15)12-13(11)18-19-17-12/h2-6,16H,15H2,1H3. The summed E-state index contributed by atoms with van der Waals surface area (Å²) >= 11 is 0. The molecule has 19 heavy (non-hydrogen) atoms. The van der Waals surface area contributed by atoms with E-state index in [4.69, 9.17) is 5.73 Å². The van der Waals surface area contributed by atoms with Gasteiger partial charge in [-0.25, -0.2) is 9.02 Å². The van der Waals surface area contributed by atoms with Gasteiger partial charge in [-0.3, -0.25) is 0 Å². The van der Waals surface area contributed by atoms with Crippen LogP contribution in [0.25, 0.3) is 11.0 Å². The van der Waals surface area contributed by atoms with Gasteiger partial charge in [-0.05, 0) is 47.1 Å². The number of nitrogens with zero attached hydrogens (tertiary/aromatic N) is 2. The normalized spacial score (nSPS) is 10.8. The molecule has 96 valence electrons. The van der Waals surface area contributed by atoms with Crippen molar-refractivity contribution in [1.82, 2.24) is 10.3 Å². The molecule has 3 aromatic rings. The molecule has 3 N–H and O–H groups in total. The van der Waals surface area contributed by atoms with Gasteiger partial charge in [0.1, 0.15) is 5.82 Å². The summed E-state index contributed by atoms with van der Waals surface area (Å²) in [7, 11) is 0. The molecule has 0 radical (unpaired) electrons. The Balaban J connectivity index is 2.06. The maximum atomic E-state index is 13.8. The van der Waals surface area contributed by atoms with E-state index in [-0.39, 0.29) is 5.82 Å². The summed E-state index contributed by atoms with van der Waals surface area (Å²) in [6.07, 6.45) is 0. The summed E-state index contributed by atoms with van der Waals surface area (Å²) in [6.45, 7) is 1.83. The van der Waals surface area contributed by atoms with Gasteiger partial charge in [0.2, 0.25) is 0 Å². The summed E-state index contributed by atoms with van der Waals surface area (Å²) in [4.78, 5) is 0. The summed E-state index contributed by atoms with van der Waals surface area (Å²) in [5, 5.41) is 10.4. The minimum Gasteiger partial charge on any atom is -0.397 e. The molecule has 0 unspecified atom stereocenters. The molecule has 0 aliphatic heterocycles. The number of hydrogen-bond acceptors (Lipinski definition) is 5. The van der Waals surface area contributed by atoms with Crippen LogP contribution in [0.2, 0.25) is 0 Å². The van der Waals surface area contributed by atoms with Crippen LogP contribution in [0.4, 0.5) is 21.5 Å². The molecule has 1 aromatic heterocycles. The summed E-state index contributed by atoms with van der Waals surface area (Å²) in [6, 6.07) is 8.32. The molecular formula is C13H11FN4O. The van der Waals surface area contributed by atoms with E-state index in [1.165, 1.54) is 6.07 Å². The van der Waals surface area contributed by atoms with Crippen LogP contribution < -0.4 is 11.1 Å². The first-order chi connectivity index (χ1) is 9.15. The van der Waals surface area contributed by atoms with Crippen molar-refractivity contribution in [3.05, 3.63) is 41.7 Å². The molecule has 5 nitrogen and oxygen atoms in total. The van der Waals surface area contributed by atoms with Crippen molar-refractivity contribution in [2.45, 2.75) is 6.92 Å². The molecule has 0 bridgehead atoms.